The summed E-state index contributed by atoms with van der Waals surface area (Å²) in [7, 11) is 0. The van der Waals surface area contributed by atoms with Gasteiger partial charge in [-0.3, -0.25) is 9.78 Å². The van der Waals surface area contributed by atoms with Gasteiger partial charge in [0.05, 0.1) is 12.2 Å². The summed E-state index contributed by atoms with van der Waals surface area (Å²) in [5, 5.41) is 0. The lowest BCUT2D eigenvalue weighted by molar-refractivity contribution is -0.129. The van der Waals surface area contributed by atoms with Gasteiger partial charge in [0.1, 0.15) is 0 Å². The maximum Gasteiger partial charge on any atom is 0.219 e. The molecule has 0 saturated carbocycles. The van der Waals surface area contributed by atoms with Gasteiger partial charge in [-0.15, -0.1) is 11.8 Å². The highest BCUT2D eigenvalue weighted by atomic mass is 32.2. The smallest absolute Gasteiger partial charge is 0.219 e. The van der Waals surface area contributed by atoms with Crippen LogP contribution in [-0.4, -0.2) is 28.1 Å². The van der Waals surface area contributed by atoms with E-state index in [1.54, 1.807) is 24.9 Å². The molecule has 0 saturated heterocycles. The molecule has 0 unspecified atom stereocenters. The highest BCUT2D eigenvalue weighted by Crippen LogP contribution is 2.25. The SMILES string of the molecule is CC(=O)N1CCSc2cccnc2C1. The second kappa shape index (κ2) is 4.00. The van der Waals surface area contributed by atoms with Crippen LogP contribution in [0.2, 0.25) is 0 Å². The molecule has 0 atom stereocenters. The van der Waals surface area contributed by atoms with Crippen molar-refractivity contribution in [1.82, 2.24) is 9.88 Å². The summed E-state index contributed by atoms with van der Waals surface area (Å²) in [6.45, 7) is 3.08. The fourth-order valence-corrected chi connectivity index (χ4v) is 2.46. The Morgan fingerprint density at radius 1 is 1.64 bits per heavy atom. The standard InChI is InChI=1S/C10H12N2OS/c1-8(13)12-5-6-14-10-3-2-4-11-9(10)7-12/h2-4H,5-7H2,1H3. The maximum absolute atomic E-state index is 11.3. The van der Waals surface area contributed by atoms with Crippen molar-refractivity contribution in [1.29, 1.82) is 0 Å². The number of carbonyl (C=O) groups excluding carboxylic acids is 1. The first-order valence-corrected chi connectivity index (χ1v) is 5.58. The first kappa shape index (κ1) is 9.52. The molecule has 0 aromatic carbocycles. The lowest BCUT2D eigenvalue weighted by atomic mass is 10.3. The van der Waals surface area contributed by atoms with Crippen LogP contribution in [0.5, 0.6) is 0 Å². The molecule has 14 heavy (non-hydrogen) atoms. The summed E-state index contributed by atoms with van der Waals surface area (Å²) < 4.78 is 0. The summed E-state index contributed by atoms with van der Waals surface area (Å²) in [5.41, 5.74) is 1.02. The predicted molar refractivity (Wildman–Crippen MR) is 56.1 cm³/mol. The highest BCUT2D eigenvalue weighted by molar-refractivity contribution is 7.99. The fourth-order valence-electron chi connectivity index (χ4n) is 1.47. The molecule has 0 fully saturated rings. The van der Waals surface area contributed by atoms with E-state index < -0.39 is 0 Å². The minimum absolute atomic E-state index is 0.129. The summed E-state index contributed by atoms with van der Waals surface area (Å²) in [5.74, 6) is 1.09. The molecule has 0 bridgehead atoms. The Morgan fingerprint density at radius 2 is 2.50 bits per heavy atom. The zero-order valence-electron chi connectivity index (χ0n) is 8.06. The number of rotatable bonds is 0. The summed E-state index contributed by atoms with van der Waals surface area (Å²) in [6.07, 6.45) is 1.78. The molecule has 1 aromatic rings. The van der Waals surface area contributed by atoms with Crippen molar-refractivity contribution >= 4 is 17.7 Å². The summed E-state index contributed by atoms with van der Waals surface area (Å²) >= 11 is 1.77. The van der Waals surface area contributed by atoms with Gasteiger partial charge in [-0.2, -0.15) is 0 Å². The Balaban J connectivity index is 2.26. The van der Waals surface area contributed by atoms with Crippen LogP contribution in [0.4, 0.5) is 0 Å². The van der Waals surface area contributed by atoms with Crippen LogP contribution < -0.4 is 0 Å². The molecule has 0 N–H and O–H groups in total. The van der Waals surface area contributed by atoms with E-state index in [1.165, 1.54) is 4.90 Å². The second-order valence-electron chi connectivity index (χ2n) is 3.24. The number of aromatic nitrogens is 1. The Kier molecular flexibility index (Phi) is 2.72. The molecule has 1 amide bonds. The van der Waals surface area contributed by atoms with E-state index in [-0.39, 0.29) is 5.91 Å². The van der Waals surface area contributed by atoms with Crippen LogP contribution in [0, 0.1) is 0 Å². The number of hydrogen-bond acceptors (Lipinski definition) is 3. The Labute approximate surface area is 87.5 Å². The number of hydrogen-bond donors (Lipinski definition) is 0. The number of nitrogens with zero attached hydrogens (tertiary/aromatic N) is 2. The van der Waals surface area contributed by atoms with Crippen LogP contribution in [0.3, 0.4) is 0 Å². The summed E-state index contributed by atoms with van der Waals surface area (Å²) in [6, 6.07) is 4.01. The molecule has 1 aliphatic rings. The molecule has 2 heterocycles. The molecule has 2 rings (SSSR count). The maximum atomic E-state index is 11.3. The van der Waals surface area contributed by atoms with Crippen LogP contribution in [0.1, 0.15) is 12.6 Å². The minimum Gasteiger partial charge on any atom is -0.336 e. The fraction of sp³-hybridized carbons (Fsp3) is 0.400. The molecule has 0 aliphatic carbocycles. The minimum atomic E-state index is 0.129. The molecule has 3 nitrogen and oxygen atoms in total. The van der Waals surface area contributed by atoms with Gasteiger partial charge in [0, 0.05) is 30.3 Å². The van der Waals surface area contributed by atoms with Crippen LogP contribution in [0.25, 0.3) is 0 Å². The third-order valence-corrected chi connectivity index (χ3v) is 3.32. The third kappa shape index (κ3) is 1.90. The van der Waals surface area contributed by atoms with E-state index in [0.717, 1.165) is 18.0 Å². The van der Waals surface area contributed by atoms with Gasteiger partial charge >= 0.3 is 0 Å². The van der Waals surface area contributed by atoms with E-state index in [0.29, 0.717) is 6.54 Å². The molecular formula is C10H12N2OS. The van der Waals surface area contributed by atoms with E-state index in [2.05, 4.69) is 11.1 Å². The molecule has 1 aromatic heterocycles. The van der Waals surface area contributed by atoms with Gasteiger partial charge in [-0.05, 0) is 12.1 Å². The van der Waals surface area contributed by atoms with Gasteiger partial charge in [-0.1, -0.05) is 0 Å². The summed E-state index contributed by atoms with van der Waals surface area (Å²) in [4.78, 5) is 18.6. The predicted octanol–water partition coefficient (Wildman–Crippen LogP) is 1.54. The lowest BCUT2D eigenvalue weighted by Crippen LogP contribution is -2.29. The highest BCUT2D eigenvalue weighted by Gasteiger charge is 2.16. The van der Waals surface area contributed by atoms with Gasteiger partial charge in [0.25, 0.3) is 0 Å². The first-order chi connectivity index (χ1) is 6.77. The van der Waals surface area contributed by atoms with Crippen LogP contribution in [0.15, 0.2) is 23.2 Å². The van der Waals surface area contributed by atoms with Crippen molar-refractivity contribution in [3.05, 3.63) is 24.0 Å². The number of pyridine rings is 1. The molecule has 0 spiro atoms. The largest absolute Gasteiger partial charge is 0.336 e. The zero-order chi connectivity index (χ0) is 9.97. The Bertz CT molecular complexity index is 354. The van der Waals surface area contributed by atoms with Gasteiger partial charge in [0.15, 0.2) is 0 Å². The van der Waals surface area contributed by atoms with Crippen molar-refractivity contribution < 1.29 is 4.79 Å². The van der Waals surface area contributed by atoms with E-state index in [1.807, 2.05) is 11.0 Å². The Hall–Kier alpha value is -1.03. The van der Waals surface area contributed by atoms with Crippen molar-refractivity contribution in [3.63, 3.8) is 0 Å². The van der Waals surface area contributed by atoms with Crippen molar-refractivity contribution in [2.45, 2.75) is 18.4 Å². The zero-order valence-corrected chi connectivity index (χ0v) is 8.88. The number of thioether (sulfide) groups is 1. The van der Waals surface area contributed by atoms with E-state index >= 15 is 0 Å². The monoisotopic (exact) mass is 208 g/mol. The number of fused-ring (bicyclic) bond motifs is 1. The van der Waals surface area contributed by atoms with Gasteiger partial charge in [0.2, 0.25) is 5.91 Å². The van der Waals surface area contributed by atoms with E-state index in [9.17, 15) is 4.79 Å². The topological polar surface area (TPSA) is 33.2 Å². The van der Waals surface area contributed by atoms with Crippen molar-refractivity contribution in [2.24, 2.45) is 0 Å². The first-order valence-electron chi connectivity index (χ1n) is 4.59. The number of carbonyl (C=O) groups is 1. The molecule has 74 valence electrons. The number of amides is 1. The molecule has 0 radical (unpaired) electrons. The van der Waals surface area contributed by atoms with Crippen molar-refractivity contribution in [3.8, 4) is 0 Å². The quantitative estimate of drug-likeness (QED) is 0.648. The molecular weight excluding hydrogens is 196 g/mol. The van der Waals surface area contributed by atoms with E-state index in [4.69, 9.17) is 0 Å². The normalized spacial score (nSPS) is 15.9. The van der Waals surface area contributed by atoms with Crippen molar-refractivity contribution in [2.75, 3.05) is 12.3 Å². The molecule has 4 heteroatoms. The average Bonchev–Trinajstić information content (AvgIpc) is 2.39. The second-order valence-corrected chi connectivity index (χ2v) is 4.37. The Morgan fingerprint density at radius 3 is 3.29 bits per heavy atom. The molecule has 1 aliphatic heterocycles. The lowest BCUT2D eigenvalue weighted by Gasteiger charge is -2.17. The van der Waals surface area contributed by atoms with Gasteiger partial charge in [-0.25, -0.2) is 0 Å². The van der Waals surface area contributed by atoms with Crippen LogP contribution >= 0.6 is 11.8 Å². The average molecular weight is 208 g/mol. The van der Waals surface area contributed by atoms with Crippen LogP contribution in [-0.2, 0) is 11.3 Å². The van der Waals surface area contributed by atoms with Gasteiger partial charge < -0.3 is 4.90 Å². The third-order valence-electron chi connectivity index (χ3n) is 2.25.